The zero-order valence-electron chi connectivity index (χ0n) is 13.7. The van der Waals surface area contributed by atoms with Gasteiger partial charge in [-0.1, -0.05) is 27.7 Å². The minimum Gasteiger partial charge on any atom is -0.310 e. The zero-order valence-corrected chi connectivity index (χ0v) is 13.7. The molecule has 0 saturated carbocycles. The molecule has 0 unspecified atom stereocenters. The molecule has 21 heavy (non-hydrogen) atoms. The van der Waals surface area contributed by atoms with Crippen molar-refractivity contribution in [1.82, 2.24) is 29.9 Å². The lowest BCUT2D eigenvalue weighted by atomic mass is 10.2. The van der Waals surface area contributed by atoms with Crippen LogP contribution < -0.4 is 5.32 Å². The molecule has 116 valence electrons. The molecule has 0 aliphatic carbocycles. The molecule has 0 bridgehead atoms. The molecule has 0 aliphatic heterocycles. The van der Waals surface area contributed by atoms with Crippen molar-refractivity contribution < 1.29 is 0 Å². The zero-order chi connectivity index (χ0) is 15.4. The van der Waals surface area contributed by atoms with E-state index in [9.17, 15) is 0 Å². The van der Waals surface area contributed by atoms with Crippen LogP contribution in [0.1, 0.15) is 44.8 Å². The van der Waals surface area contributed by atoms with Crippen LogP contribution in [0.2, 0.25) is 0 Å². The molecular weight excluding hydrogens is 264 g/mol. The molecule has 0 aliphatic rings. The van der Waals surface area contributed by atoms with Gasteiger partial charge >= 0.3 is 0 Å². The van der Waals surface area contributed by atoms with Gasteiger partial charge in [0.25, 0.3) is 0 Å². The molecule has 0 saturated heterocycles. The first-order chi connectivity index (χ1) is 9.95. The molecule has 1 N–H and O–H groups in total. The van der Waals surface area contributed by atoms with Crippen molar-refractivity contribution in [1.29, 1.82) is 0 Å². The fourth-order valence-corrected chi connectivity index (χ4v) is 2.18. The summed E-state index contributed by atoms with van der Waals surface area (Å²) in [6, 6.07) is 0.474. The van der Waals surface area contributed by atoms with Crippen LogP contribution >= 0.6 is 0 Å². The molecule has 0 fully saturated rings. The third-order valence-electron chi connectivity index (χ3n) is 3.29. The second-order valence-electron chi connectivity index (χ2n) is 6.23. The molecule has 2 rings (SSSR count). The molecule has 0 amide bonds. The Morgan fingerprint density at radius 2 is 2.00 bits per heavy atom. The topological polar surface area (TPSA) is 60.6 Å². The Bertz CT molecular complexity index is 566. The number of nitrogens with one attached hydrogen (secondary N) is 1. The summed E-state index contributed by atoms with van der Waals surface area (Å²) >= 11 is 0. The highest BCUT2D eigenvalue weighted by Gasteiger charge is 2.10. The van der Waals surface area contributed by atoms with Crippen LogP contribution in [0.25, 0.3) is 0 Å². The predicted molar refractivity (Wildman–Crippen MR) is 82.9 cm³/mol. The summed E-state index contributed by atoms with van der Waals surface area (Å²) in [5, 5.41) is 12.3. The third kappa shape index (κ3) is 4.39. The molecule has 2 heterocycles. The largest absolute Gasteiger partial charge is 0.310 e. The lowest BCUT2D eigenvalue weighted by molar-refractivity contribution is 0.456. The van der Waals surface area contributed by atoms with E-state index in [0.717, 1.165) is 24.6 Å². The summed E-state index contributed by atoms with van der Waals surface area (Å²) in [6.07, 6.45) is 3.72. The van der Waals surface area contributed by atoms with E-state index < -0.39 is 0 Å². The summed E-state index contributed by atoms with van der Waals surface area (Å²) < 4.78 is 3.92. The van der Waals surface area contributed by atoms with Crippen LogP contribution in [0.4, 0.5) is 0 Å². The van der Waals surface area contributed by atoms with E-state index in [1.165, 1.54) is 5.56 Å². The van der Waals surface area contributed by atoms with Gasteiger partial charge in [0.1, 0.15) is 18.7 Å². The van der Waals surface area contributed by atoms with Crippen molar-refractivity contribution in [3.8, 4) is 0 Å². The van der Waals surface area contributed by atoms with Crippen LogP contribution in [-0.4, -0.2) is 30.6 Å². The molecule has 0 spiro atoms. The summed E-state index contributed by atoms with van der Waals surface area (Å²) in [5.74, 6) is 1.50. The molecule has 2 aromatic rings. The van der Waals surface area contributed by atoms with Crippen LogP contribution in [0.15, 0.2) is 12.5 Å². The number of hydrogen-bond donors (Lipinski definition) is 1. The minimum absolute atomic E-state index is 0.474. The highest BCUT2D eigenvalue weighted by atomic mass is 15.4. The Labute approximate surface area is 126 Å². The van der Waals surface area contributed by atoms with Gasteiger partial charge in [-0.05, 0) is 12.8 Å². The van der Waals surface area contributed by atoms with Crippen LogP contribution in [-0.2, 0) is 19.6 Å². The molecule has 2 aromatic heterocycles. The SMILES string of the molecule is Cc1nn(Cc2ncnn2CC(C)C)cc1CNC(C)C. The maximum absolute atomic E-state index is 4.58. The van der Waals surface area contributed by atoms with E-state index >= 15 is 0 Å². The highest BCUT2D eigenvalue weighted by molar-refractivity contribution is 5.15. The maximum atomic E-state index is 4.58. The molecule has 0 aromatic carbocycles. The van der Waals surface area contributed by atoms with Crippen molar-refractivity contribution in [3.05, 3.63) is 29.6 Å². The molecule has 0 atom stereocenters. The summed E-state index contributed by atoms with van der Waals surface area (Å²) in [6.45, 7) is 13.1. The van der Waals surface area contributed by atoms with Gasteiger partial charge in [0.2, 0.25) is 0 Å². The number of aromatic nitrogens is 5. The molecular formula is C15H26N6. The van der Waals surface area contributed by atoms with Crippen molar-refractivity contribution in [2.45, 2.75) is 60.3 Å². The van der Waals surface area contributed by atoms with Gasteiger partial charge in [0, 0.05) is 30.9 Å². The van der Waals surface area contributed by atoms with Gasteiger partial charge < -0.3 is 5.32 Å². The van der Waals surface area contributed by atoms with Gasteiger partial charge in [0.05, 0.1) is 5.69 Å². The number of aryl methyl sites for hydroxylation is 1. The van der Waals surface area contributed by atoms with E-state index in [1.807, 2.05) is 16.3 Å². The molecule has 6 heteroatoms. The summed E-state index contributed by atoms with van der Waals surface area (Å²) in [7, 11) is 0. The Kier molecular flexibility index (Phi) is 5.12. The van der Waals surface area contributed by atoms with E-state index in [-0.39, 0.29) is 0 Å². The third-order valence-corrected chi connectivity index (χ3v) is 3.29. The quantitative estimate of drug-likeness (QED) is 0.847. The fraction of sp³-hybridized carbons (Fsp3) is 0.667. The second kappa shape index (κ2) is 6.85. The number of rotatable bonds is 7. The average molecular weight is 290 g/mol. The van der Waals surface area contributed by atoms with Crippen LogP contribution in [0.3, 0.4) is 0 Å². The Hall–Kier alpha value is -1.69. The van der Waals surface area contributed by atoms with E-state index in [0.29, 0.717) is 18.5 Å². The van der Waals surface area contributed by atoms with Crippen molar-refractivity contribution in [3.63, 3.8) is 0 Å². The van der Waals surface area contributed by atoms with Gasteiger partial charge in [0.15, 0.2) is 0 Å². The van der Waals surface area contributed by atoms with Crippen molar-refractivity contribution in [2.24, 2.45) is 5.92 Å². The standard InChI is InChI=1S/C15H26N6/c1-11(2)7-21-15(17-10-18-21)9-20-8-14(13(5)19-20)6-16-12(3)4/h8,10-12,16H,6-7,9H2,1-5H3. The Morgan fingerprint density at radius 1 is 1.24 bits per heavy atom. The lowest BCUT2D eigenvalue weighted by Gasteiger charge is -2.08. The Morgan fingerprint density at radius 3 is 2.67 bits per heavy atom. The minimum atomic E-state index is 0.474. The Balaban J connectivity index is 2.06. The maximum Gasteiger partial charge on any atom is 0.148 e. The smallest absolute Gasteiger partial charge is 0.148 e. The lowest BCUT2D eigenvalue weighted by Crippen LogP contribution is -2.21. The average Bonchev–Trinajstić information content (AvgIpc) is 2.94. The first-order valence-electron chi connectivity index (χ1n) is 7.58. The first kappa shape index (κ1) is 15.7. The molecule has 0 radical (unpaired) electrons. The predicted octanol–water partition coefficient (Wildman–Crippen LogP) is 1.99. The second-order valence-corrected chi connectivity index (χ2v) is 6.23. The number of nitrogens with zero attached hydrogens (tertiary/aromatic N) is 5. The summed E-state index contributed by atoms with van der Waals surface area (Å²) in [4.78, 5) is 4.35. The van der Waals surface area contributed by atoms with Crippen LogP contribution in [0.5, 0.6) is 0 Å². The van der Waals surface area contributed by atoms with Crippen molar-refractivity contribution >= 4 is 0 Å². The van der Waals surface area contributed by atoms with Crippen LogP contribution in [0, 0.1) is 12.8 Å². The normalized spacial score (nSPS) is 11.8. The van der Waals surface area contributed by atoms with Gasteiger partial charge in [-0.3, -0.25) is 4.68 Å². The van der Waals surface area contributed by atoms with Gasteiger partial charge in [-0.2, -0.15) is 10.2 Å². The van der Waals surface area contributed by atoms with E-state index in [1.54, 1.807) is 6.33 Å². The number of hydrogen-bond acceptors (Lipinski definition) is 4. The van der Waals surface area contributed by atoms with Gasteiger partial charge in [-0.15, -0.1) is 0 Å². The van der Waals surface area contributed by atoms with Crippen molar-refractivity contribution in [2.75, 3.05) is 0 Å². The fourth-order valence-electron chi connectivity index (χ4n) is 2.18. The molecule has 6 nitrogen and oxygen atoms in total. The van der Waals surface area contributed by atoms with E-state index in [4.69, 9.17) is 0 Å². The monoisotopic (exact) mass is 290 g/mol. The summed E-state index contributed by atoms with van der Waals surface area (Å²) in [5.41, 5.74) is 2.30. The van der Waals surface area contributed by atoms with Gasteiger partial charge in [-0.25, -0.2) is 9.67 Å². The van der Waals surface area contributed by atoms with E-state index in [2.05, 4.69) is 54.4 Å². The first-order valence-corrected chi connectivity index (χ1v) is 7.58. The highest BCUT2D eigenvalue weighted by Crippen LogP contribution is 2.08.